The molecular formula is C23H30O8S. The quantitative estimate of drug-likeness (QED) is 0.416. The van der Waals surface area contributed by atoms with Crippen molar-refractivity contribution < 1.29 is 39.6 Å². The van der Waals surface area contributed by atoms with E-state index < -0.39 is 40.9 Å². The highest BCUT2D eigenvalue weighted by atomic mass is 32.2. The summed E-state index contributed by atoms with van der Waals surface area (Å²) in [4.78, 5) is 48.5. The molecular weight excluding hydrogens is 436 g/mol. The number of aldehydes is 1. The molecule has 8 nitrogen and oxygen atoms in total. The smallest absolute Gasteiger partial charge is 0.313 e. The number of fused-ring (bicyclic) bond motifs is 5. The molecule has 3 saturated carbocycles. The Morgan fingerprint density at radius 3 is 2.66 bits per heavy atom. The summed E-state index contributed by atoms with van der Waals surface area (Å²) in [6, 6.07) is 0. The van der Waals surface area contributed by atoms with Crippen molar-refractivity contribution in [1.29, 1.82) is 0 Å². The lowest BCUT2D eigenvalue weighted by atomic mass is 9.45. The first-order chi connectivity index (χ1) is 15.0. The lowest BCUT2D eigenvalue weighted by Gasteiger charge is -2.61. The molecule has 4 rings (SSSR count). The number of hydrogen-bond acceptors (Lipinski definition) is 8. The molecule has 0 aliphatic heterocycles. The molecule has 4 N–H and O–H groups in total. The number of hydrogen-bond donors (Lipinski definition) is 4. The molecule has 0 radical (unpaired) electrons. The number of carbonyl (C=O) groups excluding carboxylic acids is 3. The summed E-state index contributed by atoms with van der Waals surface area (Å²) in [5.74, 6) is -2.79. The van der Waals surface area contributed by atoms with Crippen LogP contribution in [0.5, 0.6) is 0 Å². The Kier molecular flexibility index (Phi) is 5.93. The molecule has 0 spiro atoms. The highest BCUT2D eigenvalue weighted by Crippen LogP contribution is 2.68. The van der Waals surface area contributed by atoms with E-state index in [0.717, 1.165) is 5.57 Å². The van der Waals surface area contributed by atoms with Crippen LogP contribution in [0, 0.1) is 28.6 Å². The molecule has 4 aliphatic carbocycles. The van der Waals surface area contributed by atoms with Gasteiger partial charge in [0, 0.05) is 11.7 Å². The largest absolute Gasteiger partial charge is 0.481 e. The fourth-order valence-electron chi connectivity index (χ4n) is 7.52. The van der Waals surface area contributed by atoms with Crippen molar-refractivity contribution in [2.45, 2.75) is 62.4 Å². The van der Waals surface area contributed by atoms with E-state index in [4.69, 9.17) is 0 Å². The van der Waals surface area contributed by atoms with Crippen LogP contribution in [0.4, 0.5) is 0 Å². The second kappa shape index (κ2) is 8.04. The van der Waals surface area contributed by atoms with Gasteiger partial charge in [0.05, 0.1) is 17.3 Å². The van der Waals surface area contributed by atoms with Gasteiger partial charge in [-0.1, -0.05) is 6.92 Å². The van der Waals surface area contributed by atoms with E-state index in [9.17, 15) is 39.6 Å². The van der Waals surface area contributed by atoms with E-state index in [0.29, 0.717) is 32.0 Å². The van der Waals surface area contributed by atoms with Gasteiger partial charge in [-0.15, -0.1) is 11.8 Å². The SMILES string of the molecule is C[C@]12CCC(=O)C=C1C(SCC(=O)O)C[C@@H]1[C@@H]2[C@@H](O)C[C@@]2(C=O)[C@H]1CC[C@]2(O)C(=O)CO. The zero-order valence-corrected chi connectivity index (χ0v) is 18.8. The van der Waals surface area contributed by atoms with Crippen LogP contribution in [-0.4, -0.2) is 73.6 Å². The molecule has 0 heterocycles. The number of rotatable bonds is 6. The van der Waals surface area contributed by atoms with E-state index in [1.165, 1.54) is 11.8 Å². The number of aliphatic carboxylic acids is 1. The van der Waals surface area contributed by atoms with Crippen molar-refractivity contribution in [2.75, 3.05) is 12.4 Å². The predicted octanol–water partition coefficient (Wildman–Crippen LogP) is 0.757. The summed E-state index contributed by atoms with van der Waals surface area (Å²) >= 11 is 1.24. The zero-order chi connectivity index (χ0) is 23.5. The molecule has 0 saturated heterocycles. The van der Waals surface area contributed by atoms with Gasteiger partial charge >= 0.3 is 5.97 Å². The van der Waals surface area contributed by atoms with E-state index >= 15 is 0 Å². The molecule has 0 aromatic heterocycles. The van der Waals surface area contributed by atoms with Crippen LogP contribution in [0.15, 0.2) is 11.6 Å². The van der Waals surface area contributed by atoms with Crippen LogP contribution in [0.3, 0.4) is 0 Å². The monoisotopic (exact) mass is 466 g/mol. The van der Waals surface area contributed by atoms with Crippen molar-refractivity contribution >= 4 is 35.6 Å². The van der Waals surface area contributed by atoms with Crippen LogP contribution in [0.2, 0.25) is 0 Å². The maximum absolute atomic E-state index is 12.5. The fraction of sp³-hybridized carbons (Fsp3) is 0.739. The molecule has 9 heteroatoms. The lowest BCUT2D eigenvalue weighted by molar-refractivity contribution is -0.185. The standard InChI is InChI=1S/C23H30O8S/c1-21-4-2-12(26)6-15(21)17(32-10-19(29)30)7-13-14-3-5-23(31,18(28)9-24)22(14,11-25)8-16(27)20(13)21/h6,11,13-14,16-17,20,24,27,31H,2-5,7-10H2,1H3,(H,29,30)/t13-,14-,16-,17?,20+,21-,22+,23-/m0/s1. The Bertz CT molecular complexity index is 885. The summed E-state index contributed by atoms with van der Waals surface area (Å²) in [5.41, 5.74) is -3.19. The van der Waals surface area contributed by atoms with E-state index in [1.54, 1.807) is 6.08 Å². The van der Waals surface area contributed by atoms with Crippen LogP contribution in [0.25, 0.3) is 0 Å². The van der Waals surface area contributed by atoms with Gasteiger partial charge in [-0.25, -0.2) is 0 Å². The zero-order valence-electron chi connectivity index (χ0n) is 18.0. The van der Waals surface area contributed by atoms with Crippen LogP contribution >= 0.6 is 11.8 Å². The summed E-state index contributed by atoms with van der Waals surface area (Å²) in [6.45, 7) is 1.13. The number of thioether (sulfide) groups is 1. The molecule has 176 valence electrons. The summed E-state index contributed by atoms with van der Waals surface area (Å²) in [6.07, 6.45) is 2.93. The van der Waals surface area contributed by atoms with Gasteiger partial charge in [-0.2, -0.15) is 0 Å². The number of ketones is 2. The normalized spacial score (nSPS) is 45.3. The Morgan fingerprint density at radius 1 is 1.31 bits per heavy atom. The van der Waals surface area contributed by atoms with Crippen molar-refractivity contribution in [1.82, 2.24) is 0 Å². The van der Waals surface area contributed by atoms with Gasteiger partial charge in [-0.3, -0.25) is 14.4 Å². The highest BCUT2D eigenvalue weighted by molar-refractivity contribution is 8.00. The average molecular weight is 467 g/mol. The molecule has 0 bridgehead atoms. The molecule has 3 fully saturated rings. The van der Waals surface area contributed by atoms with Gasteiger partial charge in [0.25, 0.3) is 0 Å². The Labute approximate surface area is 190 Å². The fourth-order valence-corrected chi connectivity index (χ4v) is 8.74. The second-order valence-corrected chi connectivity index (χ2v) is 11.3. The van der Waals surface area contributed by atoms with Gasteiger partial charge in [0.15, 0.2) is 11.6 Å². The van der Waals surface area contributed by atoms with Crippen molar-refractivity contribution in [2.24, 2.45) is 28.6 Å². The summed E-state index contributed by atoms with van der Waals surface area (Å²) in [5, 5.41) is 41.1. The Hall–Kier alpha value is -1.55. The third-order valence-electron chi connectivity index (χ3n) is 8.85. The minimum Gasteiger partial charge on any atom is -0.481 e. The van der Waals surface area contributed by atoms with Gasteiger partial charge in [0.1, 0.15) is 18.5 Å². The van der Waals surface area contributed by atoms with E-state index in [-0.39, 0.29) is 47.4 Å². The van der Waals surface area contributed by atoms with Crippen molar-refractivity contribution in [3.8, 4) is 0 Å². The third kappa shape index (κ3) is 3.15. The Morgan fingerprint density at radius 2 is 2.03 bits per heavy atom. The van der Waals surface area contributed by atoms with Crippen molar-refractivity contribution in [3.05, 3.63) is 11.6 Å². The molecule has 0 amide bonds. The van der Waals surface area contributed by atoms with Crippen molar-refractivity contribution in [3.63, 3.8) is 0 Å². The molecule has 4 aliphatic rings. The number of carboxylic acids is 1. The number of Topliss-reactive ketones (excluding diaryl/α,β-unsaturated/α-hetero) is 1. The van der Waals surface area contributed by atoms with Gasteiger partial charge in [0.2, 0.25) is 0 Å². The molecule has 0 aromatic carbocycles. The molecule has 0 aromatic rings. The summed E-state index contributed by atoms with van der Waals surface area (Å²) < 4.78 is 0. The molecule has 1 unspecified atom stereocenters. The first kappa shape index (κ1) is 23.6. The number of carboxylic acid groups (broad SMARTS) is 1. The Balaban J connectivity index is 1.79. The number of aliphatic hydroxyl groups is 3. The highest BCUT2D eigenvalue weighted by Gasteiger charge is 2.71. The summed E-state index contributed by atoms with van der Waals surface area (Å²) in [7, 11) is 0. The van der Waals surface area contributed by atoms with E-state index in [2.05, 4.69) is 0 Å². The first-order valence-corrected chi connectivity index (χ1v) is 12.2. The van der Waals surface area contributed by atoms with Gasteiger partial charge < -0.3 is 25.2 Å². The molecule has 8 atom stereocenters. The minimum absolute atomic E-state index is 0.00632. The first-order valence-electron chi connectivity index (χ1n) is 11.1. The van der Waals surface area contributed by atoms with Crippen LogP contribution in [-0.2, 0) is 19.2 Å². The maximum Gasteiger partial charge on any atom is 0.313 e. The van der Waals surface area contributed by atoms with Crippen LogP contribution in [0.1, 0.15) is 45.4 Å². The molecule has 32 heavy (non-hydrogen) atoms. The predicted molar refractivity (Wildman–Crippen MR) is 115 cm³/mol. The third-order valence-corrected chi connectivity index (χ3v) is 10.1. The maximum atomic E-state index is 12.5. The average Bonchev–Trinajstić information content (AvgIpc) is 3.05. The topological polar surface area (TPSA) is 149 Å². The van der Waals surface area contributed by atoms with Crippen LogP contribution < -0.4 is 0 Å². The van der Waals surface area contributed by atoms with E-state index in [1.807, 2.05) is 6.92 Å². The number of carbonyl (C=O) groups is 4. The number of aliphatic hydroxyl groups excluding tert-OH is 2. The lowest BCUT2D eigenvalue weighted by Crippen LogP contribution is -2.64. The van der Waals surface area contributed by atoms with Gasteiger partial charge in [-0.05, 0) is 66.9 Å². The minimum atomic E-state index is -2.02. The second-order valence-electron chi connectivity index (χ2n) is 10.1.